The number of rotatable bonds is 7. The quantitative estimate of drug-likeness (QED) is 0.472. The molecule has 1 unspecified atom stereocenters. The lowest BCUT2D eigenvalue weighted by atomic mass is 9.88. The number of aryl methyl sites for hydroxylation is 1. The number of halogens is 1. The molecule has 152 valence electrons. The van der Waals surface area contributed by atoms with E-state index >= 15 is 0 Å². The summed E-state index contributed by atoms with van der Waals surface area (Å²) in [6, 6.07) is 20.3. The normalized spacial score (nSPS) is 12.1. The van der Waals surface area contributed by atoms with Crippen molar-refractivity contribution in [1.29, 1.82) is 0 Å². The first-order valence-electron chi connectivity index (χ1n) is 10.2. The molecule has 4 rings (SSSR count). The predicted molar refractivity (Wildman–Crippen MR) is 117 cm³/mol. The van der Waals surface area contributed by atoms with Gasteiger partial charge in [-0.05, 0) is 48.4 Å². The summed E-state index contributed by atoms with van der Waals surface area (Å²) in [7, 11) is 0. The molecular weight excluding hydrogens is 377 g/mol. The fourth-order valence-electron chi connectivity index (χ4n) is 3.87. The lowest BCUT2D eigenvalue weighted by Crippen LogP contribution is -2.25. The van der Waals surface area contributed by atoms with Crippen molar-refractivity contribution in [2.45, 2.75) is 32.4 Å². The van der Waals surface area contributed by atoms with Crippen LogP contribution in [0.2, 0.25) is 0 Å². The van der Waals surface area contributed by atoms with Gasteiger partial charge in [-0.1, -0.05) is 36.4 Å². The molecule has 0 saturated carbocycles. The average molecular weight is 401 g/mol. The zero-order chi connectivity index (χ0) is 20.9. The van der Waals surface area contributed by atoms with Gasteiger partial charge in [0.15, 0.2) is 0 Å². The molecule has 0 saturated heterocycles. The number of fused-ring (bicyclic) bond motifs is 1. The molecule has 0 spiro atoms. The fourth-order valence-corrected chi connectivity index (χ4v) is 3.87. The molecule has 1 amide bonds. The van der Waals surface area contributed by atoms with Gasteiger partial charge in [-0.15, -0.1) is 0 Å². The van der Waals surface area contributed by atoms with Gasteiger partial charge in [0, 0.05) is 42.2 Å². The summed E-state index contributed by atoms with van der Waals surface area (Å²) in [4.78, 5) is 17.1. The van der Waals surface area contributed by atoms with E-state index in [-0.39, 0.29) is 24.1 Å². The van der Waals surface area contributed by atoms with Crippen LogP contribution in [-0.2, 0) is 17.9 Å². The van der Waals surface area contributed by atoms with Crippen molar-refractivity contribution in [3.63, 3.8) is 0 Å². The van der Waals surface area contributed by atoms with E-state index in [2.05, 4.69) is 40.1 Å². The molecule has 0 bridgehead atoms. The van der Waals surface area contributed by atoms with Gasteiger partial charge in [-0.3, -0.25) is 9.78 Å². The number of pyridine rings is 1. The molecule has 0 radical (unpaired) electrons. The van der Waals surface area contributed by atoms with Gasteiger partial charge in [0.25, 0.3) is 0 Å². The van der Waals surface area contributed by atoms with E-state index in [1.54, 1.807) is 18.3 Å². The van der Waals surface area contributed by atoms with Crippen LogP contribution >= 0.6 is 0 Å². The van der Waals surface area contributed by atoms with Crippen molar-refractivity contribution >= 4 is 16.8 Å². The molecule has 5 heteroatoms. The molecule has 30 heavy (non-hydrogen) atoms. The van der Waals surface area contributed by atoms with Crippen LogP contribution in [0.4, 0.5) is 4.39 Å². The van der Waals surface area contributed by atoms with Crippen LogP contribution in [0, 0.1) is 5.82 Å². The molecule has 4 aromatic rings. The topological polar surface area (TPSA) is 46.9 Å². The highest BCUT2D eigenvalue weighted by Gasteiger charge is 2.22. The van der Waals surface area contributed by atoms with E-state index in [1.165, 1.54) is 12.1 Å². The minimum atomic E-state index is -0.284. The monoisotopic (exact) mass is 401 g/mol. The summed E-state index contributed by atoms with van der Waals surface area (Å²) in [5.74, 6) is -0.525. The molecule has 2 heterocycles. The van der Waals surface area contributed by atoms with Crippen molar-refractivity contribution in [2.24, 2.45) is 0 Å². The number of nitrogens with one attached hydrogen (secondary N) is 1. The van der Waals surface area contributed by atoms with Gasteiger partial charge in [0.1, 0.15) is 5.82 Å². The van der Waals surface area contributed by atoms with Crippen molar-refractivity contribution in [2.75, 3.05) is 0 Å². The lowest BCUT2D eigenvalue weighted by molar-refractivity contribution is -0.121. The lowest BCUT2D eigenvalue weighted by Gasteiger charge is -2.17. The maximum atomic E-state index is 13.5. The van der Waals surface area contributed by atoms with Crippen molar-refractivity contribution in [3.05, 3.63) is 102 Å². The molecule has 0 aliphatic carbocycles. The zero-order valence-electron chi connectivity index (χ0n) is 16.9. The highest BCUT2D eigenvalue weighted by molar-refractivity contribution is 5.86. The van der Waals surface area contributed by atoms with Crippen molar-refractivity contribution < 1.29 is 9.18 Å². The Kier molecular flexibility index (Phi) is 5.89. The van der Waals surface area contributed by atoms with Crippen LogP contribution in [0.3, 0.4) is 0 Å². The van der Waals surface area contributed by atoms with E-state index in [4.69, 9.17) is 0 Å². The molecule has 4 nitrogen and oxygen atoms in total. The predicted octanol–water partition coefficient (Wildman–Crippen LogP) is 5.03. The first-order chi connectivity index (χ1) is 14.7. The van der Waals surface area contributed by atoms with Crippen LogP contribution in [-0.4, -0.2) is 15.5 Å². The van der Waals surface area contributed by atoms with Crippen LogP contribution in [0.15, 0.2) is 79.1 Å². The van der Waals surface area contributed by atoms with Crippen LogP contribution in [0.5, 0.6) is 0 Å². The highest BCUT2D eigenvalue weighted by Crippen LogP contribution is 2.35. The summed E-state index contributed by atoms with van der Waals surface area (Å²) < 4.78 is 15.7. The number of aromatic nitrogens is 2. The number of para-hydroxylation sites is 1. The number of carbonyl (C=O) groups excluding carboxylic acids is 1. The first-order valence-corrected chi connectivity index (χ1v) is 10.2. The standard InChI is InChI=1S/C25H24FN3O/c1-2-29-17-23(21-8-3-4-9-24(21)29)22(18-10-12-19(26)13-11-18)15-25(30)28-16-20-7-5-6-14-27-20/h3-14,17,22H,2,15-16H2,1H3,(H,28,30). The molecule has 0 aliphatic rings. The third-order valence-corrected chi connectivity index (χ3v) is 5.39. The minimum absolute atomic E-state index is 0.0664. The Balaban J connectivity index is 1.65. The summed E-state index contributed by atoms with van der Waals surface area (Å²) >= 11 is 0. The summed E-state index contributed by atoms with van der Waals surface area (Å²) in [5.41, 5.74) is 3.94. The van der Waals surface area contributed by atoms with Gasteiger partial charge in [0.05, 0.1) is 12.2 Å². The molecule has 0 fully saturated rings. The van der Waals surface area contributed by atoms with Gasteiger partial charge >= 0.3 is 0 Å². The average Bonchev–Trinajstić information content (AvgIpc) is 3.16. The fraction of sp³-hybridized carbons (Fsp3) is 0.200. The molecule has 0 aliphatic heterocycles. The maximum Gasteiger partial charge on any atom is 0.221 e. The molecular formula is C25H24FN3O. The molecule has 2 aromatic heterocycles. The molecule has 2 aromatic carbocycles. The Labute approximate surface area is 175 Å². The molecule has 1 N–H and O–H groups in total. The number of carbonyl (C=O) groups is 1. The number of hydrogen-bond acceptors (Lipinski definition) is 2. The second-order valence-electron chi connectivity index (χ2n) is 7.29. The van der Waals surface area contributed by atoms with Gasteiger partial charge in [-0.25, -0.2) is 4.39 Å². The number of hydrogen-bond donors (Lipinski definition) is 1. The summed E-state index contributed by atoms with van der Waals surface area (Å²) in [6.07, 6.45) is 4.10. The SMILES string of the molecule is CCn1cc(C(CC(=O)NCc2ccccn2)c2ccc(F)cc2)c2ccccc21. The van der Waals surface area contributed by atoms with Crippen LogP contribution < -0.4 is 5.32 Å². The van der Waals surface area contributed by atoms with Crippen LogP contribution in [0.1, 0.15) is 36.1 Å². The Morgan fingerprint density at radius 2 is 1.83 bits per heavy atom. The van der Waals surface area contributed by atoms with E-state index < -0.39 is 0 Å². The first kappa shape index (κ1) is 19.8. The summed E-state index contributed by atoms with van der Waals surface area (Å²) in [6.45, 7) is 3.32. The smallest absolute Gasteiger partial charge is 0.221 e. The number of benzene rings is 2. The van der Waals surface area contributed by atoms with Crippen molar-refractivity contribution in [3.8, 4) is 0 Å². The number of amides is 1. The second-order valence-corrected chi connectivity index (χ2v) is 7.29. The Morgan fingerprint density at radius 3 is 2.57 bits per heavy atom. The largest absolute Gasteiger partial charge is 0.350 e. The number of nitrogens with zero attached hydrogens (tertiary/aromatic N) is 2. The summed E-state index contributed by atoms with van der Waals surface area (Å²) in [5, 5.41) is 4.08. The molecule has 1 atom stereocenters. The van der Waals surface area contributed by atoms with Gasteiger partial charge in [-0.2, -0.15) is 0 Å². The Hall–Kier alpha value is -3.47. The third kappa shape index (κ3) is 4.25. The zero-order valence-corrected chi connectivity index (χ0v) is 16.9. The van der Waals surface area contributed by atoms with E-state index in [0.717, 1.165) is 34.3 Å². The Bertz CT molecular complexity index is 1140. The highest BCUT2D eigenvalue weighted by atomic mass is 19.1. The van der Waals surface area contributed by atoms with E-state index in [9.17, 15) is 9.18 Å². The van der Waals surface area contributed by atoms with Crippen molar-refractivity contribution in [1.82, 2.24) is 14.9 Å². The third-order valence-electron chi connectivity index (χ3n) is 5.39. The second kappa shape index (κ2) is 8.91. The van der Waals surface area contributed by atoms with Gasteiger partial charge in [0.2, 0.25) is 5.91 Å². The minimum Gasteiger partial charge on any atom is -0.350 e. The van der Waals surface area contributed by atoms with E-state index in [0.29, 0.717) is 6.54 Å². The Morgan fingerprint density at radius 1 is 1.07 bits per heavy atom. The van der Waals surface area contributed by atoms with Gasteiger partial charge < -0.3 is 9.88 Å². The van der Waals surface area contributed by atoms with Crippen LogP contribution in [0.25, 0.3) is 10.9 Å². The van der Waals surface area contributed by atoms with E-state index in [1.807, 2.05) is 30.3 Å². The maximum absolute atomic E-state index is 13.5.